The van der Waals surface area contributed by atoms with Crippen LogP contribution >= 0.6 is 0 Å². The Kier molecular flexibility index (Phi) is 42.1. The van der Waals surface area contributed by atoms with Gasteiger partial charge in [-0.3, -0.25) is 4.79 Å². The summed E-state index contributed by atoms with van der Waals surface area (Å²) in [4.78, 5) is 12.4. The summed E-state index contributed by atoms with van der Waals surface area (Å²) >= 11 is 0. The Morgan fingerprint density at radius 2 is 0.769 bits per heavy atom. The molecule has 0 heterocycles. The topological polar surface area (TPSA) is 89.8 Å². The molecule has 310 valence electrons. The molecule has 1 amide bonds. The largest absolute Gasteiger partial charge is 0.394 e. The second-order valence-corrected chi connectivity index (χ2v) is 16.3. The van der Waals surface area contributed by atoms with Gasteiger partial charge in [0.1, 0.15) is 6.10 Å². The van der Waals surface area contributed by atoms with E-state index in [9.17, 15) is 20.1 Å². The van der Waals surface area contributed by atoms with Gasteiger partial charge in [-0.2, -0.15) is 0 Å². The number of hydrogen-bond donors (Lipinski definition) is 4. The van der Waals surface area contributed by atoms with Gasteiger partial charge in [-0.1, -0.05) is 225 Å². The number of nitrogens with one attached hydrogen (secondary N) is 1. The first-order valence-electron chi connectivity index (χ1n) is 23.5. The van der Waals surface area contributed by atoms with Crippen molar-refractivity contribution in [1.82, 2.24) is 5.32 Å². The molecule has 0 aliphatic heterocycles. The van der Waals surface area contributed by atoms with Crippen LogP contribution in [-0.2, 0) is 4.79 Å². The molecule has 3 unspecified atom stereocenters. The van der Waals surface area contributed by atoms with E-state index >= 15 is 0 Å². The van der Waals surface area contributed by atoms with Gasteiger partial charge in [0.15, 0.2) is 0 Å². The van der Waals surface area contributed by atoms with Gasteiger partial charge in [0, 0.05) is 6.42 Å². The van der Waals surface area contributed by atoms with E-state index in [2.05, 4.69) is 31.3 Å². The molecular formula is C47H93NO4. The molecule has 0 saturated carbocycles. The standard InChI is InChI=1S/C47H93NO4/c1-3-5-7-9-11-13-15-17-19-21-23-24-25-27-29-31-33-35-37-39-41-45(50)47(52)44(43-49)48-46(51)42-40-38-36-34-32-30-28-26-22-20-18-16-14-12-10-8-6-4-2/h33,35,44-45,47,49-50,52H,3-32,34,36-43H2,1-2H3,(H,48,51)/b35-33+. The summed E-state index contributed by atoms with van der Waals surface area (Å²) in [5, 5.41) is 33.6. The van der Waals surface area contributed by atoms with E-state index < -0.39 is 18.2 Å². The van der Waals surface area contributed by atoms with Crippen LogP contribution in [0.3, 0.4) is 0 Å². The molecule has 0 saturated heterocycles. The maximum Gasteiger partial charge on any atom is 0.220 e. The normalized spacial score (nSPS) is 13.6. The van der Waals surface area contributed by atoms with Crippen LogP contribution < -0.4 is 5.32 Å². The second-order valence-electron chi connectivity index (χ2n) is 16.3. The number of aliphatic hydroxyl groups excluding tert-OH is 3. The van der Waals surface area contributed by atoms with Crippen molar-refractivity contribution in [3.63, 3.8) is 0 Å². The zero-order valence-electron chi connectivity index (χ0n) is 35.2. The lowest BCUT2D eigenvalue weighted by atomic mass is 10.0. The SMILES string of the molecule is CCCCCCCCCCCCCCCCC/C=C/CCCC(O)C(O)C(CO)NC(=O)CCCCCCCCCCCCCCCCCCCC. The van der Waals surface area contributed by atoms with Gasteiger partial charge < -0.3 is 20.6 Å². The van der Waals surface area contributed by atoms with Crippen LogP contribution in [0.15, 0.2) is 12.2 Å². The van der Waals surface area contributed by atoms with Crippen molar-refractivity contribution in [2.45, 2.75) is 276 Å². The zero-order chi connectivity index (χ0) is 38.0. The Bertz CT molecular complexity index is 728. The third-order valence-electron chi connectivity index (χ3n) is 11.1. The minimum absolute atomic E-state index is 0.150. The van der Waals surface area contributed by atoms with E-state index in [1.807, 2.05) is 0 Å². The summed E-state index contributed by atoms with van der Waals surface area (Å²) in [5.74, 6) is -0.150. The van der Waals surface area contributed by atoms with Crippen molar-refractivity contribution < 1.29 is 20.1 Å². The Balaban J connectivity index is 3.61. The van der Waals surface area contributed by atoms with Gasteiger partial charge in [0.05, 0.1) is 18.8 Å². The Hall–Kier alpha value is -0.910. The molecule has 0 bridgehead atoms. The number of carbonyl (C=O) groups is 1. The molecule has 5 nitrogen and oxygen atoms in total. The number of aliphatic hydroxyl groups is 3. The van der Waals surface area contributed by atoms with Crippen molar-refractivity contribution in [3.8, 4) is 0 Å². The zero-order valence-corrected chi connectivity index (χ0v) is 35.2. The van der Waals surface area contributed by atoms with Crippen molar-refractivity contribution in [3.05, 3.63) is 12.2 Å². The van der Waals surface area contributed by atoms with Crippen LogP contribution in [0.5, 0.6) is 0 Å². The van der Waals surface area contributed by atoms with E-state index in [4.69, 9.17) is 0 Å². The van der Waals surface area contributed by atoms with Crippen LogP contribution in [-0.4, -0.2) is 46.1 Å². The number of unbranched alkanes of at least 4 members (excludes halogenated alkanes) is 33. The molecule has 0 rings (SSSR count). The average Bonchev–Trinajstić information content (AvgIpc) is 3.15. The molecule has 0 aromatic carbocycles. The summed E-state index contributed by atoms with van der Waals surface area (Å²) in [7, 11) is 0. The highest BCUT2D eigenvalue weighted by Gasteiger charge is 2.26. The molecule has 5 heteroatoms. The van der Waals surface area contributed by atoms with Crippen LogP contribution in [0.2, 0.25) is 0 Å². The average molecular weight is 736 g/mol. The van der Waals surface area contributed by atoms with Crippen LogP contribution in [0.4, 0.5) is 0 Å². The highest BCUT2D eigenvalue weighted by atomic mass is 16.3. The number of rotatable bonds is 43. The van der Waals surface area contributed by atoms with Gasteiger partial charge in [-0.25, -0.2) is 0 Å². The van der Waals surface area contributed by atoms with E-state index in [1.54, 1.807) is 0 Å². The molecule has 0 radical (unpaired) electrons. The van der Waals surface area contributed by atoms with Crippen molar-refractivity contribution in [1.29, 1.82) is 0 Å². The highest BCUT2D eigenvalue weighted by molar-refractivity contribution is 5.76. The van der Waals surface area contributed by atoms with Crippen LogP contribution in [0.1, 0.15) is 258 Å². The minimum atomic E-state index is -1.15. The molecule has 0 aromatic heterocycles. The van der Waals surface area contributed by atoms with E-state index in [0.29, 0.717) is 12.8 Å². The fraction of sp³-hybridized carbons (Fsp3) is 0.936. The number of amides is 1. The lowest BCUT2D eigenvalue weighted by Crippen LogP contribution is -2.50. The second kappa shape index (κ2) is 42.8. The third-order valence-corrected chi connectivity index (χ3v) is 11.1. The van der Waals surface area contributed by atoms with Crippen molar-refractivity contribution >= 4 is 5.91 Å². The number of allylic oxidation sites excluding steroid dienone is 2. The Morgan fingerprint density at radius 3 is 1.12 bits per heavy atom. The maximum atomic E-state index is 12.4. The highest BCUT2D eigenvalue weighted by Crippen LogP contribution is 2.17. The molecular weight excluding hydrogens is 643 g/mol. The lowest BCUT2D eigenvalue weighted by Gasteiger charge is -2.26. The van der Waals surface area contributed by atoms with Crippen molar-refractivity contribution in [2.75, 3.05) is 6.61 Å². The first kappa shape index (κ1) is 51.1. The molecule has 0 aliphatic carbocycles. The molecule has 0 spiro atoms. The van der Waals surface area contributed by atoms with Gasteiger partial charge in [-0.05, 0) is 38.5 Å². The predicted octanol–water partition coefficient (Wildman–Crippen LogP) is 13.6. The summed E-state index contributed by atoms with van der Waals surface area (Å²) in [6.45, 7) is 4.19. The third kappa shape index (κ3) is 37.4. The molecule has 0 fully saturated rings. The first-order chi connectivity index (χ1) is 25.6. The number of carbonyl (C=O) groups excluding carboxylic acids is 1. The molecule has 4 N–H and O–H groups in total. The van der Waals surface area contributed by atoms with Gasteiger partial charge in [0.2, 0.25) is 5.91 Å². The van der Waals surface area contributed by atoms with Crippen LogP contribution in [0, 0.1) is 0 Å². The van der Waals surface area contributed by atoms with Crippen LogP contribution in [0.25, 0.3) is 0 Å². The Morgan fingerprint density at radius 1 is 0.462 bits per heavy atom. The molecule has 0 aromatic rings. The lowest BCUT2D eigenvalue weighted by molar-refractivity contribution is -0.124. The summed E-state index contributed by atoms with van der Waals surface area (Å²) < 4.78 is 0. The van der Waals surface area contributed by atoms with E-state index in [1.165, 1.54) is 193 Å². The van der Waals surface area contributed by atoms with E-state index in [0.717, 1.165) is 38.5 Å². The van der Waals surface area contributed by atoms with Gasteiger partial charge >= 0.3 is 0 Å². The predicted molar refractivity (Wildman–Crippen MR) is 227 cm³/mol. The van der Waals surface area contributed by atoms with Gasteiger partial charge in [-0.15, -0.1) is 0 Å². The number of hydrogen-bond acceptors (Lipinski definition) is 4. The summed E-state index contributed by atoms with van der Waals surface area (Å²) in [6.07, 6.45) is 50.4. The quantitative estimate of drug-likeness (QED) is 0.0371. The van der Waals surface area contributed by atoms with Crippen molar-refractivity contribution in [2.24, 2.45) is 0 Å². The summed E-state index contributed by atoms with van der Waals surface area (Å²) in [5.41, 5.74) is 0. The monoisotopic (exact) mass is 736 g/mol. The molecule has 52 heavy (non-hydrogen) atoms. The maximum absolute atomic E-state index is 12.4. The first-order valence-corrected chi connectivity index (χ1v) is 23.5. The smallest absolute Gasteiger partial charge is 0.220 e. The molecule has 0 aliphatic rings. The Labute approximate surface area is 325 Å². The fourth-order valence-electron chi connectivity index (χ4n) is 7.46. The fourth-order valence-corrected chi connectivity index (χ4v) is 7.46. The minimum Gasteiger partial charge on any atom is -0.394 e. The van der Waals surface area contributed by atoms with Gasteiger partial charge in [0.25, 0.3) is 0 Å². The summed E-state index contributed by atoms with van der Waals surface area (Å²) in [6, 6.07) is -0.821. The van der Waals surface area contributed by atoms with E-state index in [-0.39, 0.29) is 12.5 Å². The molecule has 3 atom stereocenters.